The van der Waals surface area contributed by atoms with Gasteiger partial charge in [-0.15, -0.1) is 0 Å². The van der Waals surface area contributed by atoms with Crippen molar-refractivity contribution in [1.29, 1.82) is 0 Å². The van der Waals surface area contributed by atoms with Gasteiger partial charge in [0.05, 0.1) is 25.3 Å². The Labute approximate surface area is 199 Å². The number of fused-ring (bicyclic) bond motifs is 3. The molecule has 2 aliphatic rings. The first-order chi connectivity index (χ1) is 16.5. The van der Waals surface area contributed by atoms with E-state index in [4.69, 9.17) is 18.9 Å². The van der Waals surface area contributed by atoms with Crippen molar-refractivity contribution in [2.75, 3.05) is 21.0 Å². The molecule has 34 heavy (non-hydrogen) atoms. The van der Waals surface area contributed by atoms with Gasteiger partial charge in [-0.2, -0.15) is 0 Å². The van der Waals surface area contributed by atoms with Gasteiger partial charge in [-0.3, -0.25) is 9.69 Å². The number of hydrogen-bond acceptors (Lipinski definition) is 6. The molecule has 2 aliphatic heterocycles. The fraction of sp³-hybridized carbons (Fsp3) is 0.250. The monoisotopic (exact) mass is 457 g/mol. The van der Waals surface area contributed by atoms with E-state index in [1.807, 2.05) is 68.5 Å². The third-order valence-electron chi connectivity index (χ3n) is 6.18. The van der Waals surface area contributed by atoms with Crippen molar-refractivity contribution in [3.05, 3.63) is 87.7 Å². The Kier molecular flexibility index (Phi) is 5.75. The summed E-state index contributed by atoms with van der Waals surface area (Å²) < 4.78 is 23.0. The van der Waals surface area contributed by atoms with Gasteiger partial charge in [0.25, 0.3) is 0 Å². The highest BCUT2D eigenvalue weighted by Crippen LogP contribution is 2.44. The van der Waals surface area contributed by atoms with E-state index in [9.17, 15) is 4.79 Å². The molecule has 0 spiro atoms. The highest BCUT2D eigenvalue weighted by molar-refractivity contribution is 6.15. The van der Waals surface area contributed by atoms with E-state index in [1.165, 1.54) is 0 Å². The minimum atomic E-state index is -0.0891. The third kappa shape index (κ3) is 4.01. The molecule has 3 aromatic carbocycles. The summed E-state index contributed by atoms with van der Waals surface area (Å²) in [4.78, 5) is 15.4. The number of carbonyl (C=O) groups excluding carboxylic acids is 1. The number of nitrogens with zero attached hydrogens (tertiary/aromatic N) is 1. The maximum atomic E-state index is 13.2. The van der Waals surface area contributed by atoms with Gasteiger partial charge in [-0.25, -0.2) is 0 Å². The second-order valence-corrected chi connectivity index (χ2v) is 8.68. The molecule has 0 atom stereocenters. The largest absolute Gasteiger partial charge is 0.493 e. The van der Waals surface area contributed by atoms with Crippen LogP contribution in [0.3, 0.4) is 0 Å². The van der Waals surface area contributed by atoms with E-state index >= 15 is 0 Å². The smallest absolute Gasteiger partial charge is 0.232 e. The van der Waals surface area contributed by atoms with Crippen LogP contribution in [0.15, 0.2) is 54.3 Å². The van der Waals surface area contributed by atoms with Crippen molar-refractivity contribution in [2.24, 2.45) is 0 Å². The van der Waals surface area contributed by atoms with Crippen LogP contribution in [0.1, 0.15) is 38.2 Å². The zero-order chi connectivity index (χ0) is 23.8. The number of benzene rings is 3. The summed E-state index contributed by atoms with van der Waals surface area (Å²) in [5, 5.41) is 0. The zero-order valence-electron chi connectivity index (χ0n) is 19.8. The number of carbonyl (C=O) groups is 1. The van der Waals surface area contributed by atoms with Gasteiger partial charge in [-0.05, 0) is 54.8 Å². The molecule has 0 saturated heterocycles. The van der Waals surface area contributed by atoms with Crippen LogP contribution in [0.5, 0.6) is 23.0 Å². The van der Waals surface area contributed by atoms with Crippen molar-refractivity contribution in [3.8, 4) is 23.0 Å². The lowest BCUT2D eigenvalue weighted by molar-refractivity contribution is 0.0871. The van der Waals surface area contributed by atoms with Gasteiger partial charge in [0.2, 0.25) is 5.78 Å². The predicted octanol–water partition coefficient (Wildman–Crippen LogP) is 5.29. The van der Waals surface area contributed by atoms with E-state index in [-0.39, 0.29) is 5.78 Å². The SMILES string of the molecule is COc1ccc(CN2COc3cc(C)c4c(c3C2)O/C(=C\c2cccc(C)c2)C4=O)cc1OC. The second-order valence-electron chi connectivity index (χ2n) is 8.68. The standard InChI is InChI=1S/C28H27NO5/c1-17-6-5-7-19(10-17)12-25-27(30)26-18(2)11-23-21(28(26)34-25)15-29(16-33-23)14-20-8-9-22(31-3)24(13-20)32-4/h5-13H,14-16H2,1-4H3/b25-12-. The molecule has 174 valence electrons. The minimum Gasteiger partial charge on any atom is -0.493 e. The number of hydrogen-bond donors (Lipinski definition) is 0. The summed E-state index contributed by atoms with van der Waals surface area (Å²) in [7, 11) is 3.25. The van der Waals surface area contributed by atoms with Crippen LogP contribution in [0, 0.1) is 13.8 Å². The molecular weight excluding hydrogens is 430 g/mol. The molecule has 0 aliphatic carbocycles. The molecule has 6 nitrogen and oxygen atoms in total. The molecule has 0 bridgehead atoms. The maximum absolute atomic E-state index is 13.2. The van der Waals surface area contributed by atoms with E-state index in [0.717, 1.165) is 33.6 Å². The van der Waals surface area contributed by atoms with E-state index in [1.54, 1.807) is 14.2 Å². The van der Waals surface area contributed by atoms with Crippen molar-refractivity contribution in [3.63, 3.8) is 0 Å². The van der Waals surface area contributed by atoms with Crippen LogP contribution in [-0.4, -0.2) is 31.6 Å². The molecule has 0 N–H and O–H groups in total. The Hall–Kier alpha value is -3.77. The van der Waals surface area contributed by atoms with Crippen molar-refractivity contribution in [2.45, 2.75) is 26.9 Å². The minimum absolute atomic E-state index is 0.0891. The van der Waals surface area contributed by atoms with Gasteiger partial charge >= 0.3 is 0 Å². The molecule has 5 rings (SSSR count). The summed E-state index contributed by atoms with van der Waals surface area (Å²) in [5.74, 6) is 3.01. The van der Waals surface area contributed by atoms with E-state index in [0.29, 0.717) is 48.4 Å². The first kappa shape index (κ1) is 22.0. The average Bonchev–Trinajstić information content (AvgIpc) is 3.16. The summed E-state index contributed by atoms with van der Waals surface area (Å²) in [6.07, 6.45) is 1.81. The van der Waals surface area contributed by atoms with E-state index < -0.39 is 0 Å². The number of Topliss-reactive ketones (excluding diaryl/α,β-unsaturated/α-hetero) is 1. The lowest BCUT2D eigenvalue weighted by atomic mass is 9.98. The van der Waals surface area contributed by atoms with Crippen LogP contribution in [0.4, 0.5) is 0 Å². The molecule has 0 saturated carbocycles. The van der Waals surface area contributed by atoms with Crippen molar-refractivity contribution in [1.82, 2.24) is 4.90 Å². The van der Waals surface area contributed by atoms with Gasteiger partial charge < -0.3 is 18.9 Å². The summed E-state index contributed by atoms with van der Waals surface area (Å²) in [6, 6.07) is 15.8. The topological polar surface area (TPSA) is 57.2 Å². The quantitative estimate of drug-likeness (QED) is 0.486. The highest BCUT2D eigenvalue weighted by atomic mass is 16.5. The summed E-state index contributed by atoms with van der Waals surface area (Å²) >= 11 is 0. The first-order valence-electron chi connectivity index (χ1n) is 11.2. The second kappa shape index (κ2) is 8.88. The van der Waals surface area contributed by atoms with Gasteiger partial charge in [0, 0.05) is 13.1 Å². The van der Waals surface area contributed by atoms with Crippen LogP contribution in [0.25, 0.3) is 6.08 Å². The molecule has 3 aromatic rings. The van der Waals surface area contributed by atoms with Crippen LogP contribution in [-0.2, 0) is 13.1 Å². The van der Waals surface area contributed by atoms with Crippen LogP contribution >= 0.6 is 0 Å². The van der Waals surface area contributed by atoms with E-state index in [2.05, 4.69) is 4.90 Å². The lowest BCUT2D eigenvalue weighted by Gasteiger charge is -2.30. The average molecular weight is 458 g/mol. The normalized spacial score (nSPS) is 16.0. The first-order valence-corrected chi connectivity index (χ1v) is 11.2. The van der Waals surface area contributed by atoms with Crippen LogP contribution in [0.2, 0.25) is 0 Å². The predicted molar refractivity (Wildman–Crippen MR) is 130 cm³/mol. The van der Waals surface area contributed by atoms with Crippen LogP contribution < -0.4 is 18.9 Å². The number of ether oxygens (including phenoxy) is 4. The number of ketones is 1. The highest BCUT2D eigenvalue weighted by Gasteiger charge is 2.35. The molecule has 2 heterocycles. The Morgan fingerprint density at radius 1 is 1.03 bits per heavy atom. The fourth-order valence-electron chi connectivity index (χ4n) is 4.53. The maximum Gasteiger partial charge on any atom is 0.232 e. The lowest BCUT2D eigenvalue weighted by Crippen LogP contribution is -2.31. The molecular formula is C28H27NO5. The summed E-state index contributed by atoms with van der Waals surface area (Å²) in [5.41, 5.74) is 5.52. The molecule has 0 fully saturated rings. The number of allylic oxidation sites excluding steroid dienone is 1. The van der Waals surface area contributed by atoms with Gasteiger partial charge in [0.15, 0.2) is 17.3 Å². The fourth-order valence-corrected chi connectivity index (χ4v) is 4.53. The molecule has 0 unspecified atom stereocenters. The molecule has 0 aromatic heterocycles. The number of rotatable bonds is 5. The number of methoxy groups -OCH3 is 2. The molecule has 6 heteroatoms. The zero-order valence-corrected chi connectivity index (χ0v) is 19.8. The Balaban J connectivity index is 1.43. The Bertz CT molecular complexity index is 1310. The molecule has 0 radical (unpaired) electrons. The van der Waals surface area contributed by atoms with Gasteiger partial charge in [0.1, 0.15) is 18.2 Å². The van der Waals surface area contributed by atoms with Crippen molar-refractivity contribution < 1.29 is 23.7 Å². The molecule has 0 amide bonds. The van der Waals surface area contributed by atoms with Gasteiger partial charge in [-0.1, -0.05) is 35.9 Å². The Morgan fingerprint density at radius 2 is 1.85 bits per heavy atom. The third-order valence-corrected chi connectivity index (χ3v) is 6.18. The number of aryl methyl sites for hydroxylation is 2. The summed E-state index contributed by atoms with van der Waals surface area (Å²) in [6.45, 7) is 5.66. The van der Waals surface area contributed by atoms with Crippen molar-refractivity contribution >= 4 is 11.9 Å². The Morgan fingerprint density at radius 3 is 2.62 bits per heavy atom.